The number of nitrogens with zero attached hydrogens (tertiary/aromatic N) is 3. The van der Waals surface area contributed by atoms with Gasteiger partial charge in [0.05, 0.1) is 6.10 Å². The van der Waals surface area contributed by atoms with Crippen LogP contribution in [0.25, 0.3) is 11.4 Å². The van der Waals surface area contributed by atoms with Crippen LogP contribution in [-0.4, -0.2) is 27.6 Å². The molecule has 0 aliphatic carbocycles. The molecule has 5 nitrogen and oxygen atoms in total. The number of rotatable bonds is 6. The lowest BCUT2D eigenvalue weighted by Gasteiger charge is -2.11. The maximum absolute atomic E-state index is 5.61. The van der Waals surface area contributed by atoms with E-state index in [1.807, 2.05) is 32.9 Å². The van der Waals surface area contributed by atoms with Crippen molar-refractivity contribution < 1.29 is 4.74 Å². The van der Waals surface area contributed by atoms with Gasteiger partial charge in [-0.05, 0) is 32.8 Å². The molecule has 0 aliphatic rings. The molecule has 5 heteroatoms. The topological polar surface area (TPSA) is 59.9 Å². The van der Waals surface area contributed by atoms with Crippen LogP contribution < -0.4 is 10.1 Å². The highest BCUT2D eigenvalue weighted by molar-refractivity contribution is 5.57. The lowest BCUT2D eigenvalue weighted by molar-refractivity contribution is 0.222. The molecule has 2 aromatic rings. The van der Waals surface area contributed by atoms with E-state index in [-0.39, 0.29) is 6.10 Å². The van der Waals surface area contributed by atoms with Crippen LogP contribution in [0.2, 0.25) is 0 Å². The van der Waals surface area contributed by atoms with E-state index in [1.165, 1.54) is 5.56 Å². The van der Waals surface area contributed by atoms with Gasteiger partial charge in [-0.15, -0.1) is 0 Å². The molecular formula is C16H22N4O. The summed E-state index contributed by atoms with van der Waals surface area (Å²) < 4.78 is 5.61. The number of aromatic nitrogens is 3. The Morgan fingerprint density at radius 1 is 1.05 bits per heavy atom. The molecule has 2 rings (SSSR count). The summed E-state index contributed by atoms with van der Waals surface area (Å²) in [5, 5.41) is 3.11. The zero-order valence-electron chi connectivity index (χ0n) is 13.1. The molecule has 0 atom stereocenters. The lowest BCUT2D eigenvalue weighted by Crippen LogP contribution is -2.12. The highest BCUT2D eigenvalue weighted by Crippen LogP contribution is 2.20. The summed E-state index contributed by atoms with van der Waals surface area (Å²) in [5.41, 5.74) is 2.25. The van der Waals surface area contributed by atoms with Crippen LogP contribution in [0, 0.1) is 0 Å². The molecule has 0 aliphatic heterocycles. The molecule has 1 N–H and O–H groups in total. The van der Waals surface area contributed by atoms with Gasteiger partial charge in [-0.25, -0.2) is 0 Å². The van der Waals surface area contributed by atoms with Gasteiger partial charge in [0.2, 0.25) is 5.95 Å². The van der Waals surface area contributed by atoms with Crippen LogP contribution in [0.15, 0.2) is 24.3 Å². The minimum atomic E-state index is 0.0252. The number of hydrogen-bond donors (Lipinski definition) is 1. The first kappa shape index (κ1) is 15.2. The minimum Gasteiger partial charge on any atom is -0.461 e. The number of aryl methyl sites for hydroxylation is 1. The molecule has 0 saturated carbocycles. The van der Waals surface area contributed by atoms with Crippen molar-refractivity contribution in [3.05, 3.63) is 29.8 Å². The van der Waals surface area contributed by atoms with E-state index < -0.39 is 0 Å². The van der Waals surface area contributed by atoms with Crippen molar-refractivity contribution >= 4 is 5.95 Å². The second kappa shape index (κ2) is 7.02. The molecule has 21 heavy (non-hydrogen) atoms. The smallest absolute Gasteiger partial charge is 0.322 e. The molecule has 112 valence electrons. The van der Waals surface area contributed by atoms with Crippen LogP contribution >= 0.6 is 0 Å². The maximum Gasteiger partial charge on any atom is 0.322 e. The fourth-order valence-corrected chi connectivity index (χ4v) is 1.88. The molecule has 1 aromatic carbocycles. The highest BCUT2D eigenvalue weighted by atomic mass is 16.5. The van der Waals surface area contributed by atoms with Crippen LogP contribution in [0.4, 0.5) is 5.95 Å². The molecule has 0 fully saturated rings. The van der Waals surface area contributed by atoms with Crippen LogP contribution in [0.3, 0.4) is 0 Å². The maximum atomic E-state index is 5.61. The SMILES string of the molecule is CCNc1nc(OC(C)C)nc(-c2ccc(CC)cc2)n1. The largest absolute Gasteiger partial charge is 0.461 e. The van der Waals surface area contributed by atoms with Crippen LogP contribution in [-0.2, 0) is 6.42 Å². The zero-order chi connectivity index (χ0) is 15.2. The van der Waals surface area contributed by atoms with E-state index in [9.17, 15) is 0 Å². The Balaban J connectivity index is 2.37. The Kier molecular flexibility index (Phi) is 5.09. The summed E-state index contributed by atoms with van der Waals surface area (Å²) in [6.45, 7) is 8.79. The van der Waals surface area contributed by atoms with E-state index in [0.717, 1.165) is 18.5 Å². The van der Waals surface area contributed by atoms with Gasteiger partial charge in [0, 0.05) is 12.1 Å². The number of ether oxygens (including phenoxy) is 1. The average molecular weight is 286 g/mol. The summed E-state index contributed by atoms with van der Waals surface area (Å²) >= 11 is 0. The Morgan fingerprint density at radius 3 is 2.33 bits per heavy atom. The molecule has 0 unspecified atom stereocenters. The van der Waals surface area contributed by atoms with Gasteiger partial charge < -0.3 is 10.1 Å². The molecule has 1 aromatic heterocycles. The molecular weight excluding hydrogens is 264 g/mol. The first-order valence-corrected chi connectivity index (χ1v) is 7.38. The van der Waals surface area contributed by atoms with Gasteiger partial charge in [0.25, 0.3) is 0 Å². The molecule has 0 amide bonds. The van der Waals surface area contributed by atoms with Crippen LogP contribution in [0.1, 0.15) is 33.3 Å². The molecule has 0 bridgehead atoms. The molecule has 0 radical (unpaired) electrons. The fraction of sp³-hybridized carbons (Fsp3) is 0.438. The van der Waals surface area contributed by atoms with E-state index in [1.54, 1.807) is 0 Å². The van der Waals surface area contributed by atoms with E-state index in [0.29, 0.717) is 17.8 Å². The molecule has 1 heterocycles. The third-order valence-electron chi connectivity index (χ3n) is 2.91. The third kappa shape index (κ3) is 4.15. The third-order valence-corrected chi connectivity index (χ3v) is 2.91. The second-order valence-electron chi connectivity index (χ2n) is 5.01. The summed E-state index contributed by atoms with van der Waals surface area (Å²) in [4.78, 5) is 13.1. The fourth-order valence-electron chi connectivity index (χ4n) is 1.88. The van der Waals surface area contributed by atoms with Crippen molar-refractivity contribution in [1.29, 1.82) is 0 Å². The quantitative estimate of drug-likeness (QED) is 0.882. The summed E-state index contributed by atoms with van der Waals surface area (Å²) in [7, 11) is 0. The minimum absolute atomic E-state index is 0.0252. The average Bonchev–Trinajstić information content (AvgIpc) is 2.47. The second-order valence-corrected chi connectivity index (χ2v) is 5.01. The molecule has 0 spiro atoms. The van der Waals surface area contributed by atoms with E-state index in [4.69, 9.17) is 4.74 Å². The first-order chi connectivity index (χ1) is 10.1. The van der Waals surface area contributed by atoms with Gasteiger partial charge in [-0.2, -0.15) is 15.0 Å². The predicted octanol–water partition coefficient (Wildman–Crippen LogP) is 3.32. The van der Waals surface area contributed by atoms with Crippen molar-refractivity contribution in [2.45, 2.75) is 40.2 Å². The Bertz CT molecular complexity index is 581. The number of hydrogen-bond acceptors (Lipinski definition) is 5. The van der Waals surface area contributed by atoms with Gasteiger partial charge >= 0.3 is 6.01 Å². The van der Waals surface area contributed by atoms with Crippen molar-refractivity contribution in [3.8, 4) is 17.4 Å². The van der Waals surface area contributed by atoms with Gasteiger partial charge in [0.15, 0.2) is 5.82 Å². The van der Waals surface area contributed by atoms with Crippen molar-refractivity contribution in [2.24, 2.45) is 0 Å². The number of nitrogens with one attached hydrogen (secondary N) is 1. The van der Waals surface area contributed by atoms with E-state index >= 15 is 0 Å². The van der Waals surface area contributed by atoms with Gasteiger partial charge in [-0.1, -0.05) is 31.2 Å². The zero-order valence-corrected chi connectivity index (χ0v) is 13.1. The first-order valence-electron chi connectivity index (χ1n) is 7.38. The monoisotopic (exact) mass is 286 g/mol. The normalized spacial score (nSPS) is 10.7. The van der Waals surface area contributed by atoms with Crippen molar-refractivity contribution in [1.82, 2.24) is 15.0 Å². The van der Waals surface area contributed by atoms with Crippen molar-refractivity contribution in [2.75, 3.05) is 11.9 Å². The lowest BCUT2D eigenvalue weighted by atomic mass is 10.1. The summed E-state index contributed by atoms with van der Waals surface area (Å²) in [6, 6.07) is 8.60. The number of anilines is 1. The summed E-state index contributed by atoms with van der Waals surface area (Å²) in [5.74, 6) is 1.16. The Labute approximate surface area is 125 Å². The highest BCUT2D eigenvalue weighted by Gasteiger charge is 2.10. The Hall–Kier alpha value is -2.17. The molecule has 0 saturated heterocycles. The standard InChI is InChI=1S/C16H22N4O/c1-5-12-7-9-13(10-8-12)14-18-15(17-6-2)20-16(19-14)21-11(3)4/h7-11H,5-6H2,1-4H3,(H,17,18,19,20). The van der Waals surface area contributed by atoms with Crippen molar-refractivity contribution in [3.63, 3.8) is 0 Å². The number of benzene rings is 1. The Morgan fingerprint density at radius 2 is 1.76 bits per heavy atom. The van der Waals surface area contributed by atoms with E-state index in [2.05, 4.69) is 39.3 Å². The summed E-state index contributed by atoms with van der Waals surface area (Å²) in [6.07, 6.45) is 1.04. The van der Waals surface area contributed by atoms with Gasteiger partial charge in [0.1, 0.15) is 0 Å². The van der Waals surface area contributed by atoms with Crippen LogP contribution in [0.5, 0.6) is 6.01 Å². The predicted molar refractivity (Wildman–Crippen MR) is 84.6 cm³/mol. The van der Waals surface area contributed by atoms with Gasteiger partial charge in [-0.3, -0.25) is 0 Å².